The quantitative estimate of drug-likeness (QED) is 0.164. The van der Waals surface area contributed by atoms with Crippen LogP contribution in [-0.4, -0.2) is 0 Å². The number of anilines is 6. The minimum atomic E-state index is 0.0544. The third kappa shape index (κ3) is 9.70. The molecule has 10 aromatic carbocycles. The summed E-state index contributed by atoms with van der Waals surface area (Å²) in [7, 11) is 0. The summed E-state index contributed by atoms with van der Waals surface area (Å²) in [5.41, 5.74) is 29.1. The summed E-state index contributed by atoms with van der Waals surface area (Å²) in [5, 5.41) is 0. The van der Waals surface area contributed by atoms with Gasteiger partial charge in [-0.05, 0) is 149 Å². The number of hydrogen-bond donors (Lipinski definition) is 0. The predicted octanol–water partition coefficient (Wildman–Crippen LogP) is 22.1. The molecule has 2 aliphatic heterocycles. The van der Waals surface area contributed by atoms with E-state index < -0.39 is 0 Å². The zero-order valence-corrected chi connectivity index (χ0v) is 48.8. The van der Waals surface area contributed by atoms with Gasteiger partial charge in [0.15, 0.2) is 0 Å². The van der Waals surface area contributed by atoms with Crippen molar-refractivity contribution in [3.63, 3.8) is 0 Å². The molecule has 2 heteroatoms. The lowest BCUT2D eigenvalue weighted by molar-refractivity contribution is 0.590. The number of para-hydroxylation sites is 4. The first-order chi connectivity index (χ1) is 38.2. The van der Waals surface area contributed by atoms with Gasteiger partial charge < -0.3 is 9.80 Å². The van der Waals surface area contributed by atoms with Gasteiger partial charge in [0.05, 0.1) is 22.7 Å². The van der Waals surface area contributed by atoms with Gasteiger partial charge in [-0.2, -0.15) is 0 Å². The van der Waals surface area contributed by atoms with E-state index in [1.54, 1.807) is 0 Å². The molecule has 2 aliphatic rings. The van der Waals surface area contributed by atoms with Gasteiger partial charge in [-0.1, -0.05) is 253 Å². The molecule has 0 fully saturated rings. The zero-order valence-electron chi connectivity index (χ0n) is 48.8. The van der Waals surface area contributed by atoms with Gasteiger partial charge in [-0.3, -0.25) is 0 Å². The molecule has 0 saturated heterocycles. The Morgan fingerprint density at radius 2 is 0.412 bits per heavy atom. The number of fused-ring (bicyclic) bond motifs is 4. The van der Waals surface area contributed by atoms with Gasteiger partial charge in [-0.25, -0.2) is 0 Å². The molecule has 10 aromatic rings. The fourth-order valence-electron chi connectivity index (χ4n) is 12.0. The van der Waals surface area contributed by atoms with Crippen molar-refractivity contribution in [1.29, 1.82) is 0 Å². The average Bonchev–Trinajstić information content (AvgIpc) is 3.57. The second kappa shape index (κ2) is 19.7. The van der Waals surface area contributed by atoms with E-state index in [0.717, 1.165) is 34.1 Å². The predicted molar refractivity (Wildman–Crippen MR) is 344 cm³/mol. The molecule has 0 aromatic heterocycles. The second-order valence-electron chi connectivity index (χ2n) is 26.3. The van der Waals surface area contributed by atoms with Crippen molar-refractivity contribution in [1.82, 2.24) is 0 Å². The van der Waals surface area contributed by atoms with E-state index in [9.17, 15) is 0 Å². The largest absolute Gasteiger partial charge is 0.309 e. The Balaban J connectivity index is 1.05. The third-order valence-electron chi connectivity index (χ3n) is 16.6. The second-order valence-corrected chi connectivity index (χ2v) is 26.3. The first-order valence-corrected chi connectivity index (χ1v) is 28.7. The summed E-state index contributed by atoms with van der Waals surface area (Å²) in [5.74, 6) is 0. The standard InChI is InChI=1S/C78H74N2/c1-75(2,3)59-37-29-51(30-38-59)55-45-56(52-31-39-60(40-32-52)76(4,5)6)48-63(47-55)79-69-25-17-13-21-65(69)73(66-22-14-18-26-70(66)79)74-67-23-15-19-27-71(67)80(72-28-20-16-24-68(72)74)64-49-57(53-33-41-61(42-34-53)77(7,8)9)46-58(50-64)54-35-43-62(44-36-54)78(10,11)12/h13-50H,1-12H3. The van der Waals surface area contributed by atoms with Crippen LogP contribution < -0.4 is 9.80 Å². The lowest BCUT2D eigenvalue weighted by atomic mass is 9.79. The van der Waals surface area contributed by atoms with Gasteiger partial charge >= 0.3 is 0 Å². The molecule has 396 valence electrons. The van der Waals surface area contributed by atoms with Crippen molar-refractivity contribution < 1.29 is 0 Å². The van der Waals surface area contributed by atoms with E-state index >= 15 is 0 Å². The minimum absolute atomic E-state index is 0.0544. The first-order valence-electron chi connectivity index (χ1n) is 28.7. The zero-order chi connectivity index (χ0) is 55.9. The van der Waals surface area contributed by atoms with Crippen LogP contribution in [0.5, 0.6) is 0 Å². The van der Waals surface area contributed by atoms with E-state index in [1.807, 2.05) is 0 Å². The van der Waals surface area contributed by atoms with E-state index in [1.165, 1.54) is 100 Å². The van der Waals surface area contributed by atoms with Gasteiger partial charge in [0.25, 0.3) is 0 Å². The topological polar surface area (TPSA) is 6.48 Å². The van der Waals surface area contributed by atoms with Gasteiger partial charge in [-0.15, -0.1) is 0 Å². The fourth-order valence-corrected chi connectivity index (χ4v) is 12.0. The molecule has 0 bridgehead atoms. The molecule has 0 aliphatic carbocycles. The highest BCUT2D eigenvalue weighted by Gasteiger charge is 2.36. The maximum Gasteiger partial charge on any atom is 0.0540 e. The molecule has 0 N–H and O–H groups in total. The molecule has 0 amide bonds. The Bertz CT molecular complexity index is 3480. The van der Waals surface area contributed by atoms with Gasteiger partial charge in [0, 0.05) is 44.8 Å². The molecule has 0 spiro atoms. The Labute approximate surface area is 476 Å². The van der Waals surface area contributed by atoms with Crippen molar-refractivity contribution in [2.75, 3.05) is 9.80 Å². The summed E-state index contributed by atoms with van der Waals surface area (Å²) < 4.78 is 0. The smallest absolute Gasteiger partial charge is 0.0540 e. The van der Waals surface area contributed by atoms with Crippen molar-refractivity contribution in [2.24, 2.45) is 0 Å². The molecule has 80 heavy (non-hydrogen) atoms. The molecule has 0 saturated carbocycles. The van der Waals surface area contributed by atoms with Crippen LogP contribution in [0, 0.1) is 0 Å². The molecule has 2 nitrogen and oxygen atoms in total. The van der Waals surface area contributed by atoms with Crippen LogP contribution in [0.15, 0.2) is 231 Å². The summed E-state index contributed by atoms with van der Waals surface area (Å²) in [6.07, 6.45) is 0. The minimum Gasteiger partial charge on any atom is -0.309 e. The van der Waals surface area contributed by atoms with Gasteiger partial charge in [0.1, 0.15) is 0 Å². The average molecular weight is 1040 g/mol. The van der Waals surface area contributed by atoms with Crippen LogP contribution >= 0.6 is 0 Å². The first kappa shape index (κ1) is 52.3. The highest BCUT2D eigenvalue weighted by Crippen LogP contribution is 2.57. The normalized spacial score (nSPS) is 13.4. The highest BCUT2D eigenvalue weighted by atomic mass is 15.2. The lowest BCUT2D eigenvalue weighted by Gasteiger charge is -2.39. The SMILES string of the molecule is CC(C)(C)c1ccc(-c2cc(-c3ccc(C(C)(C)C)cc3)cc(N3c4ccccc4C(=C4c5ccccc5N(c5cc(-c6ccc(C(C)(C)C)cc6)cc(-c6ccc(C(C)(C)C)cc6)c5)c5ccccc54)c4ccccc43)c2)cc1. The molecular formula is C78H74N2. The van der Waals surface area contributed by atoms with Crippen LogP contribution in [0.25, 0.3) is 55.7 Å². The fraction of sp³-hybridized carbons (Fsp3) is 0.205. The number of rotatable bonds is 6. The maximum atomic E-state index is 2.51. The Kier molecular flexibility index (Phi) is 12.9. The number of benzene rings is 10. The Hall–Kier alpha value is -8.46. The van der Waals surface area contributed by atoms with Crippen molar-refractivity contribution >= 4 is 45.3 Å². The Morgan fingerprint density at radius 3 is 0.613 bits per heavy atom. The molecule has 0 atom stereocenters. The molecule has 12 rings (SSSR count). The van der Waals surface area contributed by atoms with E-state index in [0.29, 0.717) is 0 Å². The van der Waals surface area contributed by atoms with E-state index in [2.05, 4.69) is 323 Å². The third-order valence-corrected chi connectivity index (χ3v) is 16.6. The van der Waals surface area contributed by atoms with Crippen LogP contribution in [0.1, 0.15) is 128 Å². The summed E-state index contributed by atoms with van der Waals surface area (Å²) in [4.78, 5) is 5.02. The van der Waals surface area contributed by atoms with Crippen LogP contribution in [0.4, 0.5) is 34.1 Å². The summed E-state index contributed by atoms with van der Waals surface area (Å²) in [6, 6.07) is 87.5. The molecular weight excluding hydrogens is 965 g/mol. The number of nitrogens with zero attached hydrogens (tertiary/aromatic N) is 2. The summed E-state index contributed by atoms with van der Waals surface area (Å²) in [6.45, 7) is 27.4. The lowest BCUT2D eigenvalue weighted by Crippen LogP contribution is -2.22. The van der Waals surface area contributed by atoms with E-state index in [4.69, 9.17) is 0 Å². The van der Waals surface area contributed by atoms with Crippen molar-refractivity contribution in [3.05, 3.63) is 275 Å². The monoisotopic (exact) mass is 1040 g/mol. The van der Waals surface area contributed by atoms with Crippen molar-refractivity contribution in [3.8, 4) is 44.5 Å². The van der Waals surface area contributed by atoms with Gasteiger partial charge in [0.2, 0.25) is 0 Å². The molecule has 0 unspecified atom stereocenters. The van der Waals surface area contributed by atoms with E-state index in [-0.39, 0.29) is 21.7 Å². The highest BCUT2D eigenvalue weighted by molar-refractivity contribution is 6.17. The van der Waals surface area contributed by atoms with Crippen LogP contribution in [0.3, 0.4) is 0 Å². The molecule has 2 heterocycles. The van der Waals surface area contributed by atoms with Crippen LogP contribution in [-0.2, 0) is 21.7 Å². The molecule has 0 radical (unpaired) electrons. The van der Waals surface area contributed by atoms with Crippen LogP contribution in [0.2, 0.25) is 0 Å². The summed E-state index contributed by atoms with van der Waals surface area (Å²) >= 11 is 0. The van der Waals surface area contributed by atoms with Crippen molar-refractivity contribution in [2.45, 2.75) is 105 Å². The number of hydrogen-bond acceptors (Lipinski definition) is 2. The maximum absolute atomic E-state index is 2.51. The Morgan fingerprint density at radius 1 is 0.212 bits per heavy atom.